The van der Waals surface area contributed by atoms with Crippen molar-refractivity contribution in [1.82, 2.24) is 0 Å². The minimum atomic E-state index is -5.13. The van der Waals surface area contributed by atoms with Gasteiger partial charge in [-0.15, -0.1) is 29.1 Å². The predicted molar refractivity (Wildman–Crippen MR) is 184 cm³/mol. The third kappa shape index (κ3) is 7.40. The van der Waals surface area contributed by atoms with Crippen LogP contribution in [0.2, 0.25) is 0 Å². The first-order valence-corrected chi connectivity index (χ1v) is 18.4. The Kier molecular flexibility index (Phi) is 10.7. The summed E-state index contributed by atoms with van der Waals surface area (Å²) in [6.07, 6.45) is 0. The smallest absolute Gasteiger partial charge is 0.296 e. The quantitative estimate of drug-likeness (QED) is 0.0222. The lowest BCUT2D eigenvalue weighted by molar-refractivity contribution is -0.432. The summed E-state index contributed by atoms with van der Waals surface area (Å²) in [7, 11) is -9.78. The Hall–Kier alpha value is -4.82. The minimum absolute atomic E-state index is 0.0255. The van der Waals surface area contributed by atoms with Gasteiger partial charge in [0, 0.05) is 21.1 Å². The number of aromatic hydroxyl groups is 2. The van der Waals surface area contributed by atoms with Crippen LogP contribution < -0.4 is 0 Å². The molecule has 0 aromatic heterocycles. The molecular formula is C30H20N4O14S4. The van der Waals surface area contributed by atoms with Crippen molar-refractivity contribution >= 4 is 99.4 Å². The molecule has 6 aromatic rings. The van der Waals surface area contributed by atoms with Gasteiger partial charge in [0.1, 0.15) is 21.2 Å². The normalized spacial score (nSPS) is 12.6. The molecule has 18 nitrogen and oxygen atoms in total. The van der Waals surface area contributed by atoms with Crippen LogP contribution >= 0.6 is 24.1 Å². The Balaban J connectivity index is 1.53. The number of rotatable bonds is 12. The van der Waals surface area contributed by atoms with E-state index in [1.54, 1.807) is 30.3 Å². The summed E-state index contributed by atoms with van der Waals surface area (Å²) in [5.74, 6) is -1.76. The third-order valence-electron chi connectivity index (χ3n) is 7.35. The average molecular weight is 789 g/mol. The van der Waals surface area contributed by atoms with Crippen LogP contribution in [0.1, 0.15) is 0 Å². The fourth-order valence-electron chi connectivity index (χ4n) is 5.21. The van der Waals surface area contributed by atoms with E-state index < -0.39 is 52.6 Å². The fourth-order valence-corrected chi connectivity index (χ4v) is 7.55. The summed E-state index contributed by atoms with van der Waals surface area (Å²) >= 11 is 1.04. The average Bonchev–Trinajstić information content (AvgIpc) is 3.11. The number of nitrogens with zero attached hydrogens (tertiary/aromatic N) is 4. The lowest BCUT2D eigenvalue weighted by atomic mass is 10.1. The first-order valence-electron chi connectivity index (χ1n) is 14.0. The molecule has 6 N–H and O–H groups in total. The number of azo groups is 2. The number of fused-ring (bicyclic) bond motifs is 3. The van der Waals surface area contributed by atoms with Crippen molar-refractivity contribution in [2.24, 2.45) is 20.5 Å². The maximum Gasteiger partial charge on any atom is 0.296 e. The third-order valence-corrected chi connectivity index (χ3v) is 10.4. The van der Waals surface area contributed by atoms with Gasteiger partial charge in [-0.2, -0.15) is 16.8 Å². The molecule has 268 valence electrons. The molecule has 0 aliphatic carbocycles. The molecular weight excluding hydrogens is 769 g/mol. The maximum absolute atomic E-state index is 12.5. The Morgan fingerprint density at radius 3 is 1.63 bits per heavy atom. The summed E-state index contributed by atoms with van der Waals surface area (Å²) in [5, 5.41) is 64.7. The van der Waals surface area contributed by atoms with E-state index >= 15 is 0 Å². The van der Waals surface area contributed by atoms with Gasteiger partial charge in [-0.1, -0.05) is 58.6 Å². The highest BCUT2D eigenvalue weighted by Crippen LogP contribution is 2.51. The summed E-state index contributed by atoms with van der Waals surface area (Å²) in [6, 6.07) is 20.1. The van der Waals surface area contributed by atoms with Crippen molar-refractivity contribution < 1.29 is 65.4 Å². The first kappa shape index (κ1) is 37.0. The van der Waals surface area contributed by atoms with E-state index in [1.807, 2.05) is 0 Å². The molecule has 0 bridgehead atoms. The largest absolute Gasteiger partial charge is 0.505 e. The van der Waals surface area contributed by atoms with Crippen LogP contribution in [-0.2, 0) is 39.0 Å². The van der Waals surface area contributed by atoms with E-state index in [0.717, 1.165) is 24.2 Å². The lowest BCUT2D eigenvalue weighted by Gasteiger charge is -2.13. The van der Waals surface area contributed by atoms with Gasteiger partial charge in [0.25, 0.3) is 20.2 Å². The zero-order chi connectivity index (χ0) is 37.2. The van der Waals surface area contributed by atoms with Crippen LogP contribution in [0.25, 0.3) is 32.3 Å². The highest BCUT2D eigenvalue weighted by molar-refractivity contribution is 7.95. The number of phenols is 2. The summed E-state index contributed by atoms with van der Waals surface area (Å²) < 4.78 is 77.8. The van der Waals surface area contributed by atoms with Crippen molar-refractivity contribution in [3.63, 3.8) is 0 Å². The van der Waals surface area contributed by atoms with Gasteiger partial charge in [-0.25, -0.2) is 10.5 Å². The van der Waals surface area contributed by atoms with E-state index in [-0.39, 0.29) is 38.1 Å². The number of benzene rings is 6. The van der Waals surface area contributed by atoms with E-state index in [9.17, 15) is 36.2 Å². The second-order valence-electron chi connectivity index (χ2n) is 10.3. The molecule has 6 rings (SSSR count). The van der Waals surface area contributed by atoms with Gasteiger partial charge in [0.15, 0.2) is 11.5 Å². The van der Waals surface area contributed by atoms with Gasteiger partial charge < -0.3 is 10.2 Å². The van der Waals surface area contributed by atoms with Crippen molar-refractivity contribution in [3.05, 3.63) is 84.9 Å². The highest BCUT2D eigenvalue weighted by Gasteiger charge is 2.27. The van der Waals surface area contributed by atoms with Crippen molar-refractivity contribution in [1.29, 1.82) is 0 Å². The Morgan fingerprint density at radius 1 is 0.538 bits per heavy atom. The van der Waals surface area contributed by atoms with Crippen molar-refractivity contribution in [2.45, 2.75) is 19.6 Å². The highest BCUT2D eigenvalue weighted by atomic mass is 32.2. The second-order valence-corrected chi connectivity index (χ2v) is 14.6. The first-order chi connectivity index (χ1) is 24.8. The second kappa shape index (κ2) is 15.0. The molecule has 22 heteroatoms. The molecule has 0 saturated heterocycles. The number of hydrogen-bond acceptors (Lipinski definition) is 18. The fraction of sp³-hybridized carbons (Fsp3) is 0. The molecule has 0 fully saturated rings. The molecule has 0 unspecified atom stereocenters. The molecule has 52 heavy (non-hydrogen) atoms. The molecule has 0 heterocycles. The van der Waals surface area contributed by atoms with Gasteiger partial charge >= 0.3 is 0 Å². The number of hydrogen-bond donors (Lipinski definition) is 6. The van der Waals surface area contributed by atoms with Crippen LogP contribution in [0.4, 0.5) is 22.7 Å². The molecule has 0 aliphatic rings. The molecule has 0 aliphatic heterocycles. The zero-order valence-electron chi connectivity index (χ0n) is 25.5. The Labute approximate surface area is 300 Å². The minimum Gasteiger partial charge on any atom is -0.505 e. The van der Waals surface area contributed by atoms with Crippen molar-refractivity contribution in [2.75, 3.05) is 0 Å². The van der Waals surface area contributed by atoms with Crippen LogP contribution in [0, 0.1) is 0 Å². The van der Waals surface area contributed by atoms with E-state index in [0.29, 0.717) is 27.7 Å². The summed E-state index contributed by atoms with van der Waals surface area (Å²) in [6.45, 7) is 0. The topological polar surface area (TPSA) is 276 Å². The zero-order valence-corrected chi connectivity index (χ0v) is 28.7. The van der Waals surface area contributed by atoms with E-state index in [4.69, 9.17) is 10.5 Å². The molecule has 0 spiro atoms. The Bertz CT molecular complexity index is 2660. The van der Waals surface area contributed by atoms with Crippen molar-refractivity contribution in [3.8, 4) is 11.5 Å². The van der Waals surface area contributed by atoms with Crippen LogP contribution in [-0.4, -0.2) is 46.7 Å². The standard InChI is InChI=1S/C30H20N4O14S4/c35-29-26-15(13-23(50-48-46-38)27(29)33-31-20-9-11-22(49-47-45-37)18-7-3-1-5-16(18)20)14-25(52(42,43)44)28(30(26)36)34-32-21-10-12-24(51(39,40)41)19-8-4-2-6-17(19)21/h1-14,35-38H,(H,39,40,41)(H,42,43,44). The van der Waals surface area contributed by atoms with Gasteiger partial charge in [-0.3, -0.25) is 9.11 Å². The van der Waals surface area contributed by atoms with Gasteiger partial charge in [0.2, 0.25) is 0 Å². The molecule has 0 saturated carbocycles. The molecule has 0 radical (unpaired) electrons. The molecule has 0 amide bonds. The van der Waals surface area contributed by atoms with Crippen LogP contribution in [0.15, 0.2) is 125 Å². The summed E-state index contributed by atoms with van der Waals surface area (Å²) in [5.41, 5.74) is -0.937. The van der Waals surface area contributed by atoms with Gasteiger partial charge in [0.05, 0.1) is 45.7 Å². The lowest BCUT2D eigenvalue weighted by Crippen LogP contribution is -1.99. The van der Waals surface area contributed by atoms with E-state index in [1.165, 1.54) is 42.5 Å². The summed E-state index contributed by atoms with van der Waals surface area (Å²) in [4.78, 5) is -0.957. The SMILES string of the molecule is O=S(=O)(O)c1cc2cc(SOOO)c(N=Nc3ccc(SOOO)c4ccccc34)c(O)c2c(O)c1N=Nc1ccc(S(=O)(=O)O)c2ccccc12. The monoisotopic (exact) mass is 788 g/mol. The molecule has 0 atom stereocenters. The Morgan fingerprint density at radius 2 is 1.04 bits per heavy atom. The van der Waals surface area contributed by atoms with E-state index in [2.05, 4.69) is 39.2 Å². The van der Waals surface area contributed by atoms with Crippen LogP contribution in [0.3, 0.4) is 0 Å². The van der Waals surface area contributed by atoms with Gasteiger partial charge in [-0.05, 0) is 47.2 Å². The van der Waals surface area contributed by atoms with Crippen LogP contribution in [0.5, 0.6) is 11.5 Å². The predicted octanol–water partition coefficient (Wildman–Crippen LogP) is 8.74. The maximum atomic E-state index is 12.5. The number of phenolic OH excluding ortho intramolecular Hbond substituents is 2. The molecule has 6 aromatic carbocycles.